The van der Waals surface area contributed by atoms with Gasteiger partial charge >= 0.3 is 0 Å². The molecule has 0 spiro atoms. The van der Waals surface area contributed by atoms with Crippen molar-refractivity contribution in [3.05, 3.63) is 46.9 Å². The van der Waals surface area contributed by atoms with Crippen LogP contribution in [0.5, 0.6) is 0 Å². The highest BCUT2D eigenvalue weighted by Crippen LogP contribution is 2.56. The van der Waals surface area contributed by atoms with Gasteiger partial charge in [0.05, 0.1) is 22.4 Å². The molecule has 1 aliphatic carbocycles. The van der Waals surface area contributed by atoms with Gasteiger partial charge in [-0.15, -0.1) is 10.2 Å². The maximum atomic E-state index is 13.5. The summed E-state index contributed by atoms with van der Waals surface area (Å²) in [7, 11) is 0. The molecule has 1 saturated heterocycles. The molecule has 0 unspecified atom stereocenters. The third kappa shape index (κ3) is 2.59. The lowest BCUT2D eigenvalue weighted by molar-refractivity contribution is -0.00342. The van der Waals surface area contributed by atoms with Crippen LogP contribution in [0.4, 0.5) is 0 Å². The molecule has 2 fully saturated rings. The van der Waals surface area contributed by atoms with Crippen LogP contribution in [-0.4, -0.2) is 37.5 Å². The molecule has 1 aliphatic heterocycles. The van der Waals surface area contributed by atoms with Crippen LogP contribution in [0.3, 0.4) is 0 Å². The van der Waals surface area contributed by atoms with E-state index in [1.54, 1.807) is 6.92 Å². The first kappa shape index (κ1) is 18.2. The van der Waals surface area contributed by atoms with Crippen LogP contribution in [-0.2, 0) is 18.4 Å². The van der Waals surface area contributed by atoms with Crippen molar-refractivity contribution in [2.24, 2.45) is 5.92 Å². The number of benzene rings is 1. The van der Waals surface area contributed by atoms with Gasteiger partial charge in [-0.05, 0) is 56.2 Å². The quantitative estimate of drug-likeness (QED) is 0.676. The Hall–Kier alpha value is -2.83. The summed E-state index contributed by atoms with van der Waals surface area (Å²) >= 11 is 0. The van der Waals surface area contributed by atoms with Gasteiger partial charge in [-0.25, -0.2) is 9.97 Å². The number of fused-ring (bicyclic) bond motifs is 2. The van der Waals surface area contributed by atoms with Crippen molar-refractivity contribution >= 4 is 16.9 Å². The Kier molecular flexibility index (Phi) is 4.15. The van der Waals surface area contributed by atoms with Crippen molar-refractivity contribution in [3.8, 4) is 0 Å². The fourth-order valence-electron chi connectivity index (χ4n) is 4.98. The van der Waals surface area contributed by atoms with Gasteiger partial charge in [-0.3, -0.25) is 4.79 Å². The molecule has 3 aromatic rings. The Morgan fingerprint density at radius 2 is 1.90 bits per heavy atom. The van der Waals surface area contributed by atoms with Crippen LogP contribution in [0, 0.1) is 12.8 Å². The molecule has 7 heteroatoms. The Balaban J connectivity index is 1.53. The van der Waals surface area contributed by atoms with Gasteiger partial charge in [0.2, 0.25) is 11.8 Å². The molecule has 1 aromatic carbocycles. The summed E-state index contributed by atoms with van der Waals surface area (Å²) < 4.78 is 5.80. The first-order chi connectivity index (χ1) is 14.1. The maximum absolute atomic E-state index is 13.5. The van der Waals surface area contributed by atoms with Crippen LogP contribution in [0.1, 0.15) is 66.6 Å². The normalized spacial score (nSPS) is 23.3. The smallest absolute Gasteiger partial charge is 0.254 e. The van der Waals surface area contributed by atoms with Gasteiger partial charge in [0.1, 0.15) is 5.54 Å². The average molecular weight is 391 g/mol. The summed E-state index contributed by atoms with van der Waals surface area (Å²) in [6.07, 6.45) is 4.62. The van der Waals surface area contributed by atoms with Gasteiger partial charge in [0, 0.05) is 19.0 Å². The Morgan fingerprint density at radius 3 is 2.52 bits per heavy atom. The van der Waals surface area contributed by atoms with Crippen LogP contribution < -0.4 is 0 Å². The Labute approximate surface area is 169 Å². The summed E-state index contributed by atoms with van der Waals surface area (Å²) in [6.45, 7) is 6.68. The van der Waals surface area contributed by atoms with E-state index in [1.807, 2.05) is 23.1 Å². The zero-order valence-electron chi connectivity index (χ0n) is 17.1. The van der Waals surface area contributed by atoms with Crippen LogP contribution in [0.2, 0.25) is 0 Å². The van der Waals surface area contributed by atoms with E-state index in [1.165, 1.54) is 0 Å². The minimum Gasteiger partial charge on any atom is -0.423 e. The van der Waals surface area contributed by atoms with E-state index in [2.05, 4.69) is 24.0 Å². The molecular weight excluding hydrogens is 366 g/mol. The summed E-state index contributed by atoms with van der Waals surface area (Å²) in [5.41, 5.74) is 3.84. The molecule has 29 heavy (non-hydrogen) atoms. The number of likely N-dealkylation sites (tertiary alicyclic amines) is 1. The van der Waals surface area contributed by atoms with Crippen molar-refractivity contribution < 1.29 is 9.21 Å². The second kappa shape index (κ2) is 6.61. The number of rotatable bonds is 4. The van der Waals surface area contributed by atoms with E-state index in [-0.39, 0.29) is 5.91 Å². The van der Waals surface area contributed by atoms with E-state index in [0.717, 1.165) is 54.5 Å². The molecule has 0 radical (unpaired) electrons. The maximum Gasteiger partial charge on any atom is 0.254 e. The minimum absolute atomic E-state index is 0.00405. The molecule has 7 nitrogen and oxygen atoms in total. The van der Waals surface area contributed by atoms with Crippen molar-refractivity contribution in [3.63, 3.8) is 0 Å². The molecule has 2 aromatic heterocycles. The number of amides is 1. The number of carbonyl (C=O) groups excluding carboxylic acids is 1. The fourth-order valence-corrected chi connectivity index (χ4v) is 4.98. The van der Waals surface area contributed by atoms with Gasteiger partial charge in [-0.1, -0.05) is 13.8 Å². The van der Waals surface area contributed by atoms with Gasteiger partial charge in [0.25, 0.3) is 5.91 Å². The molecule has 1 saturated carbocycles. The lowest BCUT2D eigenvalue weighted by Gasteiger charge is -2.47. The van der Waals surface area contributed by atoms with Gasteiger partial charge in [-0.2, -0.15) is 0 Å². The molecule has 150 valence electrons. The summed E-state index contributed by atoms with van der Waals surface area (Å²) in [4.78, 5) is 25.0. The molecule has 1 amide bonds. The number of aromatic nitrogens is 4. The zero-order chi connectivity index (χ0) is 20.2. The first-order valence-corrected chi connectivity index (χ1v) is 10.5. The SMILES string of the molecule is CCc1nc2ccc(C(=O)N3CC[C@@H]4CC[C@@]43c3nnc(C)o3)cc2nc1CC. The molecule has 2 aliphatic rings. The standard InChI is InChI=1S/C22H25N5O2/c1-4-16-17(5-2)24-19-12-14(6-7-18(19)23-16)20(28)27-11-9-15-8-10-22(15,27)21-26-25-13(3)29-21/h6-7,12,15H,4-5,8-11H2,1-3H3/t15-,22-/m0/s1. The fraction of sp³-hybridized carbons (Fsp3) is 0.500. The number of hydrogen-bond acceptors (Lipinski definition) is 6. The number of hydrogen-bond donors (Lipinski definition) is 0. The molecule has 2 atom stereocenters. The highest BCUT2D eigenvalue weighted by atomic mass is 16.4. The van der Waals surface area contributed by atoms with E-state index >= 15 is 0 Å². The first-order valence-electron chi connectivity index (χ1n) is 10.5. The predicted molar refractivity (Wildman–Crippen MR) is 107 cm³/mol. The molecule has 0 bridgehead atoms. The number of nitrogens with zero attached hydrogens (tertiary/aromatic N) is 5. The Morgan fingerprint density at radius 1 is 1.14 bits per heavy atom. The van der Waals surface area contributed by atoms with E-state index in [0.29, 0.717) is 29.8 Å². The largest absolute Gasteiger partial charge is 0.423 e. The Bertz CT molecular complexity index is 1110. The van der Waals surface area contributed by atoms with Gasteiger partial charge < -0.3 is 9.32 Å². The second-order valence-corrected chi connectivity index (χ2v) is 8.06. The predicted octanol–water partition coefficient (Wildman–Crippen LogP) is 3.60. The van der Waals surface area contributed by atoms with Crippen LogP contribution >= 0.6 is 0 Å². The van der Waals surface area contributed by atoms with Crippen molar-refractivity contribution in [2.45, 2.75) is 58.4 Å². The topological polar surface area (TPSA) is 85.0 Å². The van der Waals surface area contributed by atoms with Crippen molar-refractivity contribution in [1.29, 1.82) is 0 Å². The van der Waals surface area contributed by atoms with E-state index < -0.39 is 5.54 Å². The third-order valence-electron chi connectivity index (χ3n) is 6.61. The average Bonchev–Trinajstić information content (AvgIpc) is 3.26. The van der Waals surface area contributed by atoms with Crippen LogP contribution in [0.25, 0.3) is 11.0 Å². The highest BCUT2D eigenvalue weighted by Gasteiger charge is 2.61. The highest BCUT2D eigenvalue weighted by molar-refractivity contribution is 5.98. The van der Waals surface area contributed by atoms with E-state index in [9.17, 15) is 4.79 Å². The summed E-state index contributed by atoms with van der Waals surface area (Å²) in [6, 6.07) is 5.65. The molecule has 5 rings (SSSR count). The molecule has 3 heterocycles. The second-order valence-electron chi connectivity index (χ2n) is 8.06. The van der Waals surface area contributed by atoms with Crippen molar-refractivity contribution in [1.82, 2.24) is 25.1 Å². The minimum atomic E-state index is -0.445. The van der Waals surface area contributed by atoms with E-state index in [4.69, 9.17) is 14.4 Å². The number of aryl methyl sites for hydroxylation is 3. The third-order valence-corrected chi connectivity index (χ3v) is 6.61. The lowest BCUT2D eigenvalue weighted by Crippen LogP contribution is -2.54. The lowest BCUT2D eigenvalue weighted by atomic mass is 9.67. The molecule has 0 N–H and O–H groups in total. The van der Waals surface area contributed by atoms with Gasteiger partial charge in [0.15, 0.2) is 0 Å². The summed E-state index contributed by atoms with van der Waals surface area (Å²) in [5.74, 6) is 1.52. The van der Waals surface area contributed by atoms with Crippen LogP contribution in [0.15, 0.2) is 22.6 Å². The number of carbonyl (C=O) groups is 1. The summed E-state index contributed by atoms with van der Waals surface area (Å²) in [5, 5.41) is 8.30. The van der Waals surface area contributed by atoms with Crippen molar-refractivity contribution in [2.75, 3.05) is 6.54 Å². The molecular formula is C22H25N5O2. The zero-order valence-corrected chi connectivity index (χ0v) is 17.1. The monoisotopic (exact) mass is 391 g/mol.